The molecule has 6 heteroatoms. The van der Waals surface area contributed by atoms with Gasteiger partial charge in [-0.2, -0.15) is 0 Å². The van der Waals surface area contributed by atoms with Crippen LogP contribution in [0, 0.1) is 11.3 Å². The molecule has 2 amide bonds. The molecular weight excluding hydrogens is 220 g/mol. The first-order valence-corrected chi connectivity index (χ1v) is 6.15. The average Bonchev–Trinajstić information content (AvgIpc) is 2.88. The zero-order valence-electron chi connectivity index (χ0n) is 9.87. The number of hydrogen-bond donors (Lipinski definition) is 4. The molecule has 0 spiro atoms. The first kappa shape index (κ1) is 12.2. The van der Waals surface area contributed by atoms with E-state index in [1.165, 1.54) is 0 Å². The number of carbonyl (C=O) groups excluding carboxylic acids is 1. The van der Waals surface area contributed by atoms with Gasteiger partial charge < -0.3 is 21.1 Å². The minimum atomic E-state index is -0.168. The number of nitrogens with one attached hydrogen (secondary N) is 3. The molecule has 1 saturated heterocycles. The van der Waals surface area contributed by atoms with Crippen molar-refractivity contribution in [2.24, 2.45) is 11.7 Å². The van der Waals surface area contributed by atoms with Gasteiger partial charge in [0.25, 0.3) is 0 Å². The van der Waals surface area contributed by atoms with E-state index in [1.54, 1.807) is 0 Å². The highest BCUT2D eigenvalue weighted by atomic mass is 16.5. The second-order valence-corrected chi connectivity index (χ2v) is 4.78. The average molecular weight is 240 g/mol. The highest BCUT2D eigenvalue weighted by molar-refractivity contribution is 5.82. The van der Waals surface area contributed by atoms with E-state index in [9.17, 15) is 4.79 Å². The van der Waals surface area contributed by atoms with Gasteiger partial charge in [0.2, 0.25) is 0 Å². The Morgan fingerprint density at radius 1 is 1.29 bits per heavy atom. The second kappa shape index (κ2) is 5.35. The van der Waals surface area contributed by atoms with Gasteiger partial charge in [0.15, 0.2) is 0 Å². The van der Waals surface area contributed by atoms with Crippen LogP contribution in [0.2, 0.25) is 0 Å². The molecule has 2 aliphatic rings. The van der Waals surface area contributed by atoms with Crippen molar-refractivity contribution in [1.82, 2.24) is 10.6 Å². The minimum Gasteiger partial charge on any atom is -0.387 e. The third kappa shape index (κ3) is 3.09. The van der Waals surface area contributed by atoms with E-state index in [1.807, 2.05) is 0 Å². The molecule has 0 aromatic carbocycles. The van der Waals surface area contributed by atoms with Crippen LogP contribution in [0.15, 0.2) is 0 Å². The standard InChI is InChI=1S/C11H20N4O2/c12-10(13)8-2-1-3-9(8)15-11(16)14-7-4-5-17-6-7/h7-9H,1-6H2,(H3,12,13)(H2,14,15,16). The molecule has 6 nitrogen and oxygen atoms in total. The lowest BCUT2D eigenvalue weighted by Gasteiger charge is -2.21. The van der Waals surface area contributed by atoms with Crippen LogP contribution in [0.5, 0.6) is 0 Å². The van der Waals surface area contributed by atoms with Gasteiger partial charge >= 0.3 is 6.03 Å². The van der Waals surface area contributed by atoms with Gasteiger partial charge in [-0.3, -0.25) is 5.41 Å². The molecular formula is C11H20N4O2. The topological polar surface area (TPSA) is 100 Å². The van der Waals surface area contributed by atoms with Gasteiger partial charge in [-0.15, -0.1) is 0 Å². The molecule has 2 rings (SSSR count). The molecule has 5 N–H and O–H groups in total. The Labute approximate surface area is 101 Å². The summed E-state index contributed by atoms with van der Waals surface area (Å²) in [5, 5.41) is 13.3. The van der Waals surface area contributed by atoms with Crippen molar-refractivity contribution in [2.45, 2.75) is 37.8 Å². The maximum Gasteiger partial charge on any atom is 0.315 e. The van der Waals surface area contributed by atoms with Gasteiger partial charge in [-0.25, -0.2) is 4.79 Å². The lowest BCUT2D eigenvalue weighted by Crippen LogP contribution is -2.49. The quantitative estimate of drug-likeness (QED) is 0.418. The third-order valence-corrected chi connectivity index (χ3v) is 3.50. The van der Waals surface area contributed by atoms with Crippen molar-refractivity contribution < 1.29 is 9.53 Å². The highest BCUT2D eigenvalue weighted by Gasteiger charge is 2.31. The first-order valence-electron chi connectivity index (χ1n) is 6.15. The summed E-state index contributed by atoms with van der Waals surface area (Å²) in [6.07, 6.45) is 3.68. The van der Waals surface area contributed by atoms with Crippen LogP contribution in [0.4, 0.5) is 4.79 Å². The van der Waals surface area contributed by atoms with Gasteiger partial charge in [0, 0.05) is 18.6 Å². The van der Waals surface area contributed by atoms with E-state index in [-0.39, 0.29) is 29.9 Å². The summed E-state index contributed by atoms with van der Waals surface area (Å²) in [6.45, 7) is 1.30. The van der Waals surface area contributed by atoms with Crippen LogP contribution in [-0.4, -0.2) is 37.2 Å². The van der Waals surface area contributed by atoms with Crippen LogP contribution >= 0.6 is 0 Å². The molecule has 0 radical (unpaired) electrons. The zero-order valence-corrected chi connectivity index (χ0v) is 9.87. The summed E-state index contributed by atoms with van der Waals surface area (Å²) in [7, 11) is 0. The van der Waals surface area contributed by atoms with E-state index in [0.717, 1.165) is 25.7 Å². The predicted octanol–water partition coefficient (Wildman–Crippen LogP) is 0.179. The molecule has 0 aromatic rings. The van der Waals surface area contributed by atoms with Crippen LogP contribution in [0.3, 0.4) is 0 Å². The van der Waals surface area contributed by atoms with E-state index >= 15 is 0 Å². The summed E-state index contributed by atoms with van der Waals surface area (Å²) in [6, 6.07) is -0.0411. The molecule has 0 aromatic heterocycles. The van der Waals surface area contributed by atoms with Crippen molar-refractivity contribution in [3.8, 4) is 0 Å². The number of nitrogens with two attached hydrogens (primary N) is 1. The van der Waals surface area contributed by atoms with Crippen molar-refractivity contribution in [1.29, 1.82) is 5.41 Å². The van der Waals surface area contributed by atoms with Crippen LogP contribution in [0.25, 0.3) is 0 Å². The van der Waals surface area contributed by atoms with Crippen molar-refractivity contribution >= 4 is 11.9 Å². The van der Waals surface area contributed by atoms with Gasteiger partial charge in [-0.05, 0) is 19.3 Å². The van der Waals surface area contributed by atoms with E-state index < -0.39 is 0 Å². The largest absolute Gasteiger partial charge is 0.387 e. The minimum absolute atomic E-state index is 0.000535. The predicted molar refractivity (Wildman–Crippen MR) is 63.9 cm³/mol. The van der Waals surface area contributed by atoms with Gasteiger partial charge in [0.1, 0.15) is 0 Å². The molecule has 0 bridgehead atoms. The van der Waals surface area contributed by atoms with Gasteiger partial charge in [0.05, 0.1) is 18.5 Å². The highest BCUT2D eigenvalue weighted by Crippen LogP contribution is 2.25. The molecule has 1 saturated carbocycles. The lowest BCUT2D eigenvalue weighted by molar-refractivity contribution is 0.188. The van der Waals surface area contributed by atoms with E-state index in [2.05, 4.69) is 10.6 Å². The fourth-order valence-corrected chi connectivity index (χ4v) is 2.55. The number of urea groups is 1. The molecule has 96 valence electrons. The van der Waals surface area contributed by atoms with Crippen molar-refractivity contribution in [3.05, 3.63) is 0 Å². The Bertz CT molecular complexity index is 302. The fourth-order valence-electron chi connectivity index (χ4n) is 2.55. The van der Waals surface area contributed by atoms with E-state index in [4.69, 9.17) is 15.9 Å². The Morgan fingerprint density at radius 2 is 2.12 bits per heavy atom. The summed E-state index contributed by atoms with van der Waals surface area (Å²) in [4.78, 5) is 11.7. The summed E-state index contributed by atoms with van der Waals surface area (Å²) in [5.74, 6) is 0.178. The van der Waals surface area contributed by atoms with Crippen molar-refractivity contribution in [2.75, 3.05) is 13.2 Å². The SMILES string of the molecule is N=C(N)C1CCCC1NC(=O)NC1CCOC1. The number of amidine groups is 1. The molecule has 2 fully saturated rings. The molecule has 1 aliphatic heterocycles. The maximum absolute atomic E-state index is 11.7. The maximum atomic E-state index is 11.7. The van der Waals surface area contributed by atoms with Crippen LogP contribution in [-0.2, 0) is 4.74 Å². The number of amides is 2. The Hall–Kier alpha value is -1.30. The number of hydrogen-bond acceptors (Lipinski definition) is 3. The molecule has 1 aliphatic carbocycles. The van der Waals surface area contributed by atoms with Crippen LogP contribution < -0.4 is 16.4 Å². The Kier molecular flexibility index (Phi) is 3.83. The Morgan fingerprint density at radius 3 is 2.76 bits per heavy atom. The first-order chi connectivity index (χ1) is 8.16. The molecule has 3 atom stereocenters. The number of ether oxygens (including phenoxy) is 1. The van der Waals surface area contributed by atoms with Gasteiger partial charge in [-0.1, -0.05) is 6.42 Å². The Balaban J connectivity index is 1.79. The molecule has 3 unspecified atom stereocenters. The summed E-state index contributed by atoms with van der Waals surface area (Å²) < 4.78 is 5.19. The van der Waals surface area contributed by atoms with Crippen molar-refractivity contribution in [3.63, 3.8) is 0 Å². The second-order valence-electron chi connectivity index (χ2n) is 4.78. The van der Waals surface area contributed by atoms with E-state index in [0.29, 0.717) is 13.2 Å². The summed E-state index contributed by atoms with van der Waals surface area (Å²) in [5.41, 5.74) is 5.52. The molecule has 1 heterocycles. The third-order valence-electron chi connectivity index (χ3n) is 3.50. The fraction of sp³-hybridized carbons (Fsp3) is 0.818. The normalized spacial score (nSPS) is 32.4. The monoisotopic (exact) mass is 240 g/mol. The zero-order chi connectivity index (χ0) is 12.3. The number of carbonyl (C=O) groups is 1. The smallest absolute Gasteiger partial charge is 0.315 e. The summed E-state index contributed by atoms with van der Waals surface area (Å²) >= 11 is 0. The molecule has 17 heavy (non-hydrogen) atoms. The van der Waals surface area contributed by atoms with Crippen LogP contribution in [0.1, 0.15) is 25.7 Å². The number of rotatable bonds is 3. The lowest BCUT2D eigenvalue weighted by atomic mass is 10.0.